The van der Waals surface area contributed by atoms with Gasteiger partial charge in [-0.1, -0.05) is 23.7 Å². The number of carbonyl (C=O) groups is 2. The van der Waals surface area contributed by atoms with Gasteiger partial charge in [0.2, 0.25) is 5.91 Å². The van der Waals surface area contributed by atoms with Crippen LogP contribution in [0.5, 0.6) is 11.5 Å². The van der Waals surface area contributed by atoms with Crippen LogP contribution in [-0.4, -0.2) is 32.1 Å². The maximum absolute atomic E-state index is 12.6. The second-order valence-corrected chi connectivity index (χ2v) is 7.58. The maximum Gasteiger partial charge on any atom is 0.340 e. The van der Waals surface area contributed by atoms with Crippen LogP contribution in [0.15, 0.2) is 45.6 Å². The van der Waals surface area contributed by atoms with Gasteiger partial charge in [-0.15, -0.1) is 0 Å². The third-order valence-corrected chi connectivity index (χ3v) is 5.35. The van der Waals surface area contributed by atoms with Crippen LogP contribution < -0.4 is 25.5 Å². The van der Waals surface area contributed by atoms with E-state index >= 15 is 0 Å². The maximum atomic E-state index is 12.6. The minimum absolute atomic E-state index is 0.00749. The molecule has 0 saturated carbocycles. The smallest absolute Gasteiger partial charge is 0.340 e. The number of aryl methyl sites for hydroxylation is 1. The van der Waals surface area contributed by atoms with E-state index in [4.69, 9.17) is 25.5 Å². The van der Waals surface area contributed by atoms with E-state index < -0.39 is 23.5 Å². The number of aliphatic carboxylic acids is 1. The first-order chi connectivity index (χ1) is 15.2. The van der Waals surface area contributed by atoms with Gasteiger partial charge >= 0.3 is 5.63 Å². The summed E-state index contributed by atoms with van der Waals surface area (Å²) >= 11 is 5.84. The summed E-state index contributed by atoms with van der Waals surface area (Å²) in [6.07, 6.45) is -0.351. The summed E-state index contributed by atoms with van der Waals surface area (Å²) < 4.78 is 15.9. The van der Waals surface area contributed by atoms with Crippen molar-refractivity contribution >= 4 is 34.4 Å². The highest BCUT2D eigenvalue weighted by atomic mass is 35.5. The van der Waals surface area contributed by atoms with Gasteiger partial charge in [0, 0.05) is 16.5 Å². The molecule has 1 atom stereocenters. The first kappa shape index (κ1) is 23.1. The molecule has 0 radical (unpaired) electrons. The number of carboxylic acid groups (broad SMARTS) is 1. The highest BCUT2D eigenvalue weighted by Gasteiger charge is 2.20. The fraction of sp³-hybridized carbons (Fsp3) is 0.261. The lowest BCUT2D eigenvalue weighted by molar-refractivity contribution is -0.308. The normalized spacial score (nSPS) is 11.8. The van der Waals surface area contributed by atoms with Crippen molar-refractivity contribution in [1.29, 1.82) is 0 Å². The number of rotatable bonds is 8. The fourth-order valence-corrected chi connectivity index (χ4v) is 3.50. The van der Waals surface area contributed by atoms with Gasteiger partial charge < -0.3 is 29.1 Å². The Morgan fingerprint density at radius 1 is 1.12 bits per heavy atom. The number of fused-ring (bicyclic) bond motifs is 1. The lowest BCUT2D eigenvalue weighted by Gasteiger charge is -2.20. The predicted molar refractivity (Wildman–Crippen MR) is 116 cm³/mol. The molecule has 3 rings (SSSR count). The van der Waals surface area contributed by atoms with E-state index in [1.165, 1.54) is 20.3 Å². The van der Waals surface area contributed by atoms with E-state index in [0.29, 0.717) is 33.0 Å². The fourth-order valence-electron chi connectivity index (χ4n) is 3.38. The van der Waals surface area contributed by atoms with Gasteiger partial charge in [0.25, 0.3) is 0 Å². The Morgan fingerprint density at radius 2 is 1.75 bits per heavy atom. The lowest BCUT2D eigenvalue weighted by Crippen LogP contribution is -2.49. The molecule has 0 saturated heterocycles. The van der Waals surface area contributed by atoms with Crippen molar-refractivity contribution in [3.8, 4) is 11.5 Å². The second kappa shape index (κ2) is 9.74. The van der Waals surface area contributed by atoms with E-state index in [2.05, 4.69) is 5.32 Å². The molecular formula is C23H21ClNO7-. The number of carbonyl (C=O) groups excluding carboxylic acids is 2. The van der Waals surface area contributed by atoms with E-state index in [-0.39, 0.29) is 24.0 Å². The third kappa shape index (κ3) is 5.03. The first-order valence-electron chi connectivity index (χ1n) is 9.66. The average Bonchev–Trinajstić information content (AvgIpc) is 2.76. The van der Waals surface area contributed by atoms with Crippen molar-refractivity contribution in [3.63, 3.8) is 0 Å². The SMILES string of the molecule is COc1cc2oc(=O)c(CC(=O)N[C@H](Cc3ccc(Cl)cc3)C(=O)[O-])c(C)c2cc1OC. The molecule has 32 heavy (non-hydrogen) atoms. The van der Waals surface area contributed by atoms with Crippen LogP contribution in [0.4, 0.5) is 0 Å². The van der Waals surface area contributed by atoms with Gasteiger partial charge in [0.05, 0.1) is 38.2 Å². The van der Waals surface area contributed by atoms with Gasteiger partial charge in [-0.25, -0.2) is 4.79 Å². The average molecular weight is 459 g/mol. The third-order valence-electron chi connectivity index (χ3n) is 5.10. The molecule has 0 unspecified atom stereocenters. The number of halogens is 1. The molecule has 0 bridgehead atoms. The monoisotopic (exact) mass is 458 g/mol. The van der Waals surface area contributed by atoms with Crippen molar-refractivity contribution in [2.75, 3.05) is 14.2 Å². The van der Waals surface area contributed by atoms with Gasteiger partial charge in [-0.3, -0.25) is 4.79 Å². The minimum Gasteiger partial charge on any atom is -0.548 e. The highest BCUT2D eigenvalue weighted by molar-refractivity contribution is 6.30. The number of amides is 1. The summed E-state index contributed by atoms with van der Waals surface area (Å²) in [5.41, 5.74) is 0.886. The lowest BCUT2D eigenvalue weighted by atomic mass is 10.0. The molecule has 3 aromatic rings. The summed E-state index contributed by atoms with van der Waals surface area (Å²) in [5.74, 6) is -1.25. The zero-order valence-electron chi connectivity index (χ0n) is 17.7. The number of methoxy groups -OCH3 is 2. The van der Waals surface area contributed by atoms with Crippen LogP contribution in [-0.2, 0) is 22.4 Å². The second-order valence-electron chi connectivity index (χ2n) is 7.14. The van der Waals surface area contributed by atoms with Crippen molar-refractivity contribution in [2.24, 2.45) is 0 Å². The van der Waals surface area contributed by atoms with Crippen molar-refractivity contribution in [1.82, 2.24) is 5.32 Å². The van der Waals surface area contributed by atoms with Crippen molar-refractivity contribution in [3.05, 3.63) is 68.5 Å². The van der Waals surface area contributed by atoms with Crippen LogP contribution >= 0.6 is 11.6 Å². The van der Waals surface area contributed by atoms with Gasteiger partial charge in [-0.05, 0) is 42.7 Å². The summed E-state index contributed by atoms with van der Waals surface area (Å²) in [7, 11) is 2.94. The molecule has 0 aliphatic rings. The highest BCUT2D eigenvalue weighted by Crippen LogP contribution is 2.33. The Hall–Kier alpha value is -3.52. The number of benzene rings is 2. The molecule has 0 aliphatic heterocycles. The topological polar surface area (TPSA) is 118 Å². The molecule has 1 N–H and O–H groups in total. The van der Waals surface area contributed by atoms with Gasteiger partial charge in [0.15, 0.2) is 11.5 Å². The molecule has 168 valence electrons. The number of carboxylic acids is 1. The zero-order valence-corrected chi connectivity index (χ0v) is 18.4. The Labute approximate surface area is 188 Å². The summed E-state index contributed by atoms with van der Waals surface area (Å²) in [6, 6.07) is 8.47. The van der Waals surface area contributed by atoms with Crippen LogP contribution in [0.1, 0.15) is 16.7 Å². The zero-order chi connectivity index (χ0) is 23.4. The number of hydrogen-bond acceptors (Lipinski definition) is 7. The van der Waals surface area contributed by atoms with Crippen LogP contribution in [0, 0.1) is 6.92 Å². The molecule has 9 heteroatoms. The number of ether oxygens (including phenoxy) is 2. The van der Waals surface area contributed by atoms with E-state index in [9.17, 15) is 19.5 Å². The minimum atomic E-state index is -1.44. The quantitative estimate of drug-likeness (QED) is 0.511. The standard InChI is InChI=1S/C23H22ClNO7/c1-12-15-9-19(30-2)20(31-3)11-18(15)32-23(29)16(12)10-21(26)25-17(22(27)28)8-13-4-6-14(24)7-5-13/h4-7,9,11,17H,8,10H2,1-3H3,(H,25,26)(H,27,28)/p-1/t17-/m1/s1. The van der Waals surface area contributed by atoms with Crippen LogP contribution in [0.2, 0.25) is 5.02 Å². The molecular weight excluding hydrogens is 438 g/mol. The molecule has 1 aromatic heterocycles. The Kier molecular flexibility index (Phi) is 7.05. The van der Waals surface area contributed by atoms with Crippen molar-refractivity contribution in [2.45, 2.75) is 25.8 Å². The van der Waals surface area contributed by atoms with E-state index in [0.717, 1.165) is 0 Å². The van der Waals surface area contributed by atoms with Crippen molar-refractivity contribution < 1.29 is 28.6 Å². The number of hydrogen-bond donors (Lipinski definition) is 1. The van der Waals surface area contributed by atoms with Crippen LogP contribution in [0.3, 0.4) is 0 Å². The van der Waals surface area contributed by atoms with Gasteiger partial charge in [-0.2, -0.15) is 0 Å². The molecule has 1 amide bonds. The first-order valence-corrected chi connectivity index (χ1v) is 10.0. The molecule has 2 aromatic carbocycles. The Balaban J connectivity index is 1.85. The summed E-state index contributed by atoms with van der Waals surface area (Å²) in [4.78, 5) is 36.7. The number of nitrogens with one attached hydrogen (secondary N) is 1. The van der Waals surface area contributed by atoms with Gasteiger partial charge in [0.1, 0.15) is 5.58 Å². The van der Waals surface area contributed by atoms with E-state index in [1.807, 2.05) is 0 Å². The molecule has 0 aliphatic carbocycles. The molecule has 0 fully saturated rings. The van der Waals surface area contributed by atoms with Crippen LogP contribution in [0.25, 0.3) is 11.0 Å². The van der Waals surface area contributed by atoms with E-state index in [1.54, 1.807) is 37.3 Å². The molecule has 0 spiro atoms. The summed E-state index contributed by atoms with van der Waals surface area (Å²) in [6.45, 7) is 1.68. The Morgan fingerprint density at radius 3 is 2.34 bits per heavy atom. The Bertz CT molecular complexity index is 1220. The largest absolute Gasteiger partial charge is 0.548 e. The predicted octanol–water partition coefficient (Wildman–Crippen LogP) is 1.79. The molecule has 1 heterocycles. The molecule has 8 nitrogen and oxygen atoms in total. The summed E-state index contributed by atoms with van der Waals surface area (Å²) in [5, 5.41) is 15.0.